The first-order valence-corrected chi connectivity index (χ1v) is 7.52. The Labute approximate surface area is 128 Å². The molecule has 0 unspecified atom stereocenters. The number of carbonyl (C=O) groups is 1. The van der Waals surface area contributed by atoms with Gasteiger partial charge in [-0.2, -0.15) is 0 Å². The topological polar surface area (TPSA) is 57.5 Å². The van der Waals surface area contributed by atoms with Gasteiger partial charge in [0.15, 0.2) is 0 Å². The molecular formula is C17H19NO4. The third-order valence-corrected chi connectivity index (χ3v) is 4.05. The lowest BCUT2D eigenvalue weighted by Crippen LogP contribution is -2.30. The quantitative estimate of drug-likeness (QED) is 0.818. The number of esters is 1. The third-order valence-electron chi connectivity index (χ3n) is 4.05. The molecule has 1 aromatic carbocycles. The van der Waals surface area contributed by atoms with E-state index in [1.807, 2.05) is 10.6 Å². The first-order chi connectivity index (χ1) is 10.5. The summed E-state index contributed by atoms with van der Waals surface area (Å²) in [5.41, 5.74) is 0.532. The van der Waals surface area contributed by atoms with Gasteiger partial charge in [-0.05, 0) is 25.0 Å². The van der Waals surface area contributed by atoms with E-state index in [1.165, 1.54) is 0 Å². The molecule has 1 aliphatic heterocycles. The van der Waals surface area contributed by atoms with Crippen LogP contribution < -0.4 is 10.2 Å². The van der Waals surface area contributed by atoms with Crippen molar-refractivity contribution < 1.29 is 14.3 Å². The second-order valence-electron chi connectivity index (χ2n) is 5.77. The number of hydrogen-bond acceptors (Lipinski definition) is 4. The number of benzene rings is 1. The average Bonchev–Trinajstić information content (AvgIpc) is 2.50. The molecule has 1 aromatic heterocycles. The first-order valence-electron chi connectivity index (χ1n) is 7.52. The molecule has 0 aliphatic carbocycles. The molecule has 0 N–H and O–H groups in total. The summed E-state index contributed by atoms with van der Waals surface area (Å²) >= 11 is 0. The monoisotopic (exact) mass is 301 g/mol. The Balaban J connectivity index is 2.33. The maximum absolute atomic E-state index is 12.6. The van der Waals surface area contributed by atoms with Gasteiger partial charge in [-0.15, -0.1) is 0 Å². The van der Waals surface area contributed by atoms with Crippen LogP contribution >= 0.6 is 0 Å². The van der Waals surface area contributed by atoms with Gasteiger partial charge in [0, 0.05) is 6.20 Å². The summed E-state index contributed by atoms with van der Waals surface area (Å²) in [5.74, 6) is 0.425. The summed E-state index contributed by atoms with van der Waals surface area (Å²) in [6.07, 6.45) is 1.62. The van der Waals surface area contributed by atoms with Crippen molar-refractivity contribution in [2.45, 2.75) is 26.8 Å². The second kappa shape index (κ2) is 5.48. The summed E-state index contributed by atoms with van der Waals surface area (Å²) in [5, 5.41) is 0.494. The summed E-state index contributed by atoms with van der Waals surface area (Å²) in [7, 11) is 0. The molecule has 3 rings (SSSR count). The van der Waals surface area contributed by atoms with Crippen molar-refractivity contribution >= 4 is 16.9 Å². The Morgan fingerprint density at radius 2 is 2.23 bits per heavy atom. The Morgan fingerprint density at radius 3 is 2.91 bits per heavy atom. The second-order valence-corrected chi connectivity index (χ2v) is 5.77. The highest BCUT2D eigenvalue weighted by Crippen LogP contribution is 2.34. The summed E-state index contributed by atoms with van der Waals surface area (Å²) < 4.78 is 12.8. The van der Waals surface area contributed by atoms with Crippen molar-refractivity contribution in [2.75, 3.05) is 13.2 Å². The lowest BCUT2D eigenvalue weighted by molar-refractivity contribution is 0.0523. The van der Waals surface area contributed by atoms with E-state index in [0.29, 0.717) is 23.7 Å². The van der Waals surface area contributed by atoms with E-state index in [1.54, 1.807) is 25.3 Å². The summed E-state index contributed by atoms with van der Waals surface area (Å²) in [4.78, 5) is 24.7. The van der Waals surface area contributed by atoms with E-state index < -0.39 is 5.97 Å². The molecule has 2 aromatic rings. The van der Waals surface area contributed by atoms with Crippen LogP contribution in [0, 0.1) is 5.92 Å². The van der Waals surface area contributed by atoms with Gasteiger partial charge in [0.05, 0.1) is 23.6 Å². The number of pyridine rings is 1. The largest absolute Gasteiger partial charge is 0.489 e. The fraction of sp³-hybridized carbons (Fsp3) is 0.412. The van der Waals surface area contributed by atoms with Gasteiger partial charge in [0.1, 0.15) is 17.9 Å². The molecule has 22 heavy (non-hydrogen) atoms. The molecule has 0 amide bonds. The molecule has 0 saturated heterocycles. The van der Waals surface area contributed by atoms with Gasteiger partial charge in [0.2, 0.25) is 5.43 Å². The Kier molecular flexibility index (Phi) is 3.64. The van der Waals surface area contributed by atoms with E-state index in [-0.39, 0.29) is 23.6 Å². The van der Waals surface area contributed by atoms with Gasteiger partial charge in [-0.25, -0.2) is 4.79 Å². The predicted octanol–water partition coefficient (Wildman–Crippen LogP) is 2.77. The Bertz CT molecular complexity index is 791. The van der Waals surface area contributed by atoms with Crippen molar-refractivity contribution in [1.29, 1.82) is 0 Å². The number of carbonyl (C=O) groups excluding carboxylic acids is 1. The zero-order valence-corrected chi connectivity index (χ0v) is 13.0. The highest BCUT2D eigenvalue weighted by atomic mass is 16.5. The minimum atomic E-state index is -0.572. The number of nitrogens with zero attached hydrogens (tertiary/aromatic N) is 1. The average molecular weight is 301 g/mol. The van der Waals surface area contributed by atoms with Crippen molar-refractivity contribution in [3.05, 3.63) is 40.2 Å². The fourth-order valence-corrected chi connectivity index (χ4v) is 2.88. The standard InChI is InChI=1S/C17H19NO4/c1-4-21-17(20)12-8-18-13(10(2)3)9-22-14-7-5-6-11(15(14)18)16(12)19/h5-8,10,13H,4,9H2,1-3H3/t13-/m0/s1. The zero-order valence-electron chi connectivity index (χ0n) is 13.0. The van der Waals surface area contributed by atoms with Gasteiger partial charge in [-0.3, -0.25) is 4.79 Å². The van der Waals surface area contributed by atoms with Gasteiger partial charge in [-0.1, -0.05) is 19.9 Å². The van der Waals surface area contributed by atoms with Crippen LogP contribution in [0.15, 0.2) is 29.2 Å². The van der Waals surface area contributed by atoms with Crippen molar-refractivity contribution in [3.63, 3.8) is 0 Å². The Hall–Kier alpha value is -2.30. The van der Waals surface area contributed by atoms with Gasteiger partial charge >= 0.3 is 5.97 Å². The molecular weight excluding hydrogens is 282 g/mol. The van der Waals surface area contributed by atoms with Crippen LogP contribution in [0.25, 0.3) is 10.9 Å². The number of ether oxygens (including phenoxy) is 2. The molecule has 116 valence electrons. The molecule has 1 atom stereocenters. The van der Waals surface area contributed by atoms with Crippen molar-refractivity contribution in [2.24, 2.45) is 5.92 Å². The highest BCUT2D eigenvalue weighted by Gasteiger charge is 2.27. The maximum atomic E-state index is 12.6. The molecule has 2 heterocycles. The van der Waals surface area contributed by atoms with Crippen LogP contribution in [0.5, 0.6) is 5.75 Å². The number of aromatic nitrogens is 1. The van der Waals surface area contributed by atoms with E-state index in [4.69, 9.17) is 9.47 Å². The van der Waals surface area contributed by atoms with Gasteiger partial charge in [0.25, 0.3) is 0 Å². The van der Waals surface area contributed by atoms with E-state index in [0.717, 1.165) is 5.52 Å². The van der Waals surface area contributed by atoms with E-state index in [2.05, 4.69) is 13.8 Å². The highest BCUT2D eigenvalue weighted by molar-refractivity contribution is 5.95. The molecule has 0 bridgehead atoms. The SMILES string of the molecule is CCOC(=O)c1cn2c3c(cccc3c1=O)OC[C@H]2C(C)C. The number of para-hydroxylation sites is 1. The first kappa shape index (κ1) is 14.6. The molecule has 0 saturated carbocycles. The molecule has 1 aliphatic rings. The normalized spacial score (nSPS) is 16.6. The van der Waals surface area contributed by atoms with Crippen LogP contribution in [0.1, 0.15) is 37.2 Å². The smallest absolute Gasteiger partial charge is 0.343 e. The number of hydrogen-bond donors (Lipinski definition) is 0. The third kappa shape index (κ3) is 2.17. The Morgan fingerprint density at radius 1 is 1.45 bits per heavy atom. The van der Waals surface area contributed by atoms with Crippen LogP contribution in [-0.2, 0) is 4.74 Å². The summed E-state index contributed by atoms with van der Waals surface area (Å²) in [6, 6.07) is 5.42. The van der Waals surface area contributed by atoms with Crippen molar-refractivity contribution in [1.82, 2.24) is 4.57 Å². The lowest BCUT2D eigenvalue weighted by atomic mass is 10.0. The molecule has 0 spiro atoms. The summed E-state index contributed by atoms with van der Waals surface area (Å²) in [6.45, 7) is 6.68. The van der Waals surface area contributed by atoms with Crippen LogP contribution in [0.2, 0.25) is 0 Å². The van der Waals surface area contributed by atoms with E-state index >= 15 is 0 Å². The molecule has 5 heteroatoms. The van der Waals surface area contributed by atoms with E-state index in [9.17, 15) is 9.59 Å². The predicted molar refractivity (Wildman–Crippen MR) is 83.5 cm³/mol. The fourth-order valence-electron chi connectivity index (χ4n) is 2.88. The lowest BCUT2D eigenvalue weighted by Gasteiger charge is -2.31. The van der Waals surface area contributed by atoms with Crippen LogP contribution in [0.3, 0.4) is 0 Å². The van der Waals surface area contributed by atoms with Crippen molar-refractivity contribution in [3.8, 4) is 5.75 Å². The van der Waals surface area contributed by atoms with Crippen LogP contribution in [0.4, 0.5) is 0 Å². The molecule has 0 fully saturated rings. The van der Waals surface area contributed by atoms with Crippen LogP contribution in [-0.4, -0.2) is 23.8 Å². The van der Waals surface area contributed by atoms with Gasteiger partial charge < -0.3 is 14.0 Å². The maximum Gasteiger partial charge on any atom is 0.343 e. The molecule has 0 radical (unpaired) electrons. The zero-order chi connectivity index (χ0) is 15.9. The minimum absolute atomic E-state index is 0.0752. The minimum Gasteiger partial charge on any atom is -0.489 e. The molecule has 5 nitrogen and oxygen atoms in total. The number of rotatable bonds is 3.